The van der Waals surface area contributed by atoms with Gasteiger partial charge in [-0.05, 0) is 68.8 Å². The third-order valence-corrected chi connectivity index (χ3v) is 4.79. The number of rotatable bonds is 7. The number of amides is 2. The lowest BCUT2D eigenvalue weighted by atomic mass is 10.1. The van der Waals surface area contributed by atoms with Gasteiger partial charge in [-0.25, -0.2) is 0 Å². The lowest BCUT2D eigenvalue weighted by Gasteiger charge is -2.11. The Labute approximate surface area is 193 Å². The number of nitrogens with one attached hydrogen (secondary N) is 2. The van der Waals surface area contributed by atoms with Crippen LogP contribution in [0, 0.1) is 25.2 Å². The van der Waals surface area contributed by atoms with Crippen LogP contribution in [0.15, 0.2) is 78.4 Å². The smallest absolute Gasteiger partial charge is 0.261 e. The van der Waals surface area contributed by atoms with E-state index >= 15 is 0 Å². The molecule has 0 bridgehead atoms. The largest absolute Gasteiger partial charge is 0.476 e. The molecule has 0 saturated carbocycles. The van der Waals surface area contributed by atoms with Gasteiger partial charge >= 0.3 is 0 Å². The van der Waals surface area contributed by atoms with Crippen LogP contribution in [0.5, 0.6) is 5.75 Å². The van der Waals surface area contributed by atoms with Gasteiger partial charge in [0.2, 0.25) is 0 Å². The van der Waals surface area contributed by atoms with Crippen molar-refractivity contribution in [2.45, 2.75) is 26.9 Å². The van der Waals surface area contributed by atoms with Gasteiger partial charge in [-0.3, -0.25) is 9.59 Å². The fraction of sp³-hybridized carbons (Fsp3) is 0.148. The van der Waals surface area contributed by atoms with Crippen molar-refractivity contribution in [3.05, 3.63) is 95.1 Å². The van der Waals surface area contributed by atoms with Crippen LogP contribution in [-0.4, -0.2) is 17.9 Å². The van der Waals surface area contributed by atoms with E-state index in [1.807, 2.05) is 44.2 Å². The fourth-order valence-corrected chi connectivity index (χ4v) is 2.94. The second kappa shape index (κ2) is 10.8. The van der Waals surface area contributed by atoms with Gasteiger partial charge in [0.1, 0.15) is 17.4 Å². The van der Waals surface area contributed by atoms with E-state index in [1.54, 1.807) is 55.5 Å². The number of carbonyl (C=O) groups excluding carboxylic acids is 2. The Hall–Kier alpha value is -4.37. The first-order valence-electron chi connectivity index (χ1n) is 10.5. The lowest BCUT2D eigenvalue weighted by Crippen LogP contribution is -2.25. The molecule has 0 saturated heterocycles. The van der Waals surface area contributed by atoms with Crippen molar-refractivity contribution in [3.63, 3.8) is 0 Å². The van der Waals surface area contributed by atoms with Crippen molar-refractivity contribution in [1.29, 1.82) is 5.26 Å². The Morgan fingerprint density at radius 1 is 0.818 bits per heavy atom. The van der Waals surface area contributed by atoms with Crippen molar-refractivity contribution in [2.24, 2.45) is 0 Å². The number of benzene rings is 3. The molecule has 2 amide bonds. The molecule has 0 aliphatic carbocycles. The summed E-state index contributed by atoms with van der Waals surface area (Å²) >= 11 is 0. The van der Waals surface area contributed by atoms with E-state index in [0.29, 0.717) is 22.7 Å². The fourth-order valence-electron chi connectivity index (χ4n) is 2.94. The molecule has 3 aromatic carbocycles. The first-order valence-corrected chi connectivity index (χ1v) is 10.5. The maximum absolute atomic E-state index is 13.0. The highest BCUT2D eigenvalue weighted by Crippen LogP contribution is 2.19. The Morgan fingerprint density at radius 2 is 1.27 bits per heavy atom. The number of aryl methyl sites for hydroxylation is 2. The summed E-state index contributed by atoms with van der Waals surface area (Å²) in [5, 5.41) is 14.5. The number of carbonyl (C=O) groups is 2. The molecular formula is C27H25N3O3. The second-order valence-corrected chi connectivity index (χ2v) is 7.66. The van der Waals surface area contributed by atoms with Crippen LogP contribution in [0.3, 0.4) is 0 Å². The van der Waals surface area contributed by atoms with Gasteiger partial charge in [0.15, 0.2) is 6.10 Å². The summed E-state index contributed by atoms with van der Waals surface area (Å²) in [7, 11) is 0. The van der Waals surface area contributed by atoms with Crippen LogP contribution in [0.4, 0.5) is 11.4 Å². The van der Waals surface area contributed by atoms with Gasteiger partial charge in [0.25, 0.3) is 11.8 Å². The molecule has 33 heavy (non-hydrogen) atoms. The van der Waals surface area contributed by atoms with Crippen molar-refractivity contribution in [1.82, 2.24) is 0 Å². The molecule has 0 heterocycles. The standard InChI is InChI=1S/C27H25N3O3/c1-18-4-10-22(11-5-18)29-26(31)25(27(32)30-23-12-6-19(2)7-13-23)16-21-8-14-24(15-9-21)33-20(3)17-28/h4-16,20H,1-3H3,(H,29,31)(H,30,32). The molecule has 1 unspecified atom stereocenters. The van der Waals surface area contributed by atoms with E-state index in [0.717, 1.165) is 11.1 Å². The number of hydrogen-bond donors (Lipinski definition) is 2. The average molecular weight is 440 g/mol. The van der Waals surface area contributed by atoms with Gasteiger partial charge in [-0.1, -0.05) is 47.5 Å². The van der Waals surface area contributed by atoms with Gasteiger partial charge in [-0.2, -0.15) is 5.26 Å². The SMILES string of the molecule is Cc1ccc(NC(=O)C(=Cc2ccc(OC(C)C#N)cc2)C(=O)Nc2ccc(C)cc2)cc1. The topological polar surface area (TPSA) is 91.2 Å². The van der Waals surface area contributed by atoms with E-state index in [2.05, 4.69) is 10.6 Å². The highest BCUT2D eigenvalue weighted by Gasteiger charge is 2.19. The molecule has 1 atom stereocenters. The summed E-state index contributed by atoms with van der Waals surface area (Å²) in [6.45, 7) is 5.56. The highest BCUT2D eigenvalue weighted by molar-refractivity contribution is 6.28. The minimum Gasteiger partial charge on any atom is -0.476 e. The number of hydrogen-bond acceptors (Lipinski definition) is 4. The van der Waals surface area contributed by atoms with Crippen LogP contribution in [0.1, 0.15) is 23.6 Å². The lowest BCUT2D eigenvalue weighted by molar-refractivity contribution is -0.118. The van der Waals surface area contributed by atoms with Gasteiger partial charge < -0.3 is 15.4 Å². The quantitative estimate of drug-likeness (QED) is 0.299. The molecule has 6 nitrogen and oxygen atoms in total. The predicted molar refractivity (Wildman–Crippen MR) is 130 cm³/mol. The minimum atomic E-state index is -0.581. The predicted octanol–water partition coefficient (Wildman–Crippen LogP) is 5.26. The highest BCUT2D eigenvalue weighted by atomic mass is 16.5. The summed E-state index contributed by atoms with van der Waals surface area (Å²) in [4.78, 5) is 26.1. The third kappa shape index (κ3) is 6.81. The third-order valence-electron chi connectivity index (χ3n) is 4.79. The molecule has 2 N–H and O–H groups in total. The zero-order chi connectivity index (χ0) is 23.8. The first-order chi connectivity index (χ1) is 15.8. The van der Waals surface area contributed by atoms with Crippen LogP contribution in [-0.2, 0) is 9.59 Å². The van der Waals surface area contributed by atoms with Gasteiger partial charge in [-0.15, -0.1) is 0 Å². The van der Waals surface area contributed by atoms with Crippen molar-refractivity contribution < 1.29 is 14.3 Å². The molecule has 6 heteroatoms. The Kier molecular flexibility index (Phi) is 7.61. The summed E-state index contributed by atoms with van der Waals surface area (Å²) in [6, 6.07) is 23.5. The molecule has 0 spiro atoms. The molecule has 0 fully saturated rings. The second-order valence-electron chi connectivity index (χ2n) is 7.66. The summed E-state index contributed by atoms with van der Waals surface area (Å²) in [6.07, 6.45) is 0.937. The molecule has 0 aliphatic heterocycles. The average Bonchev–Trinajstić information content (AvgIpc) is 2.81. The Bertz CT molecular complexity index is 1130. The number of nitriles is 1. The van der Waals surface area contributed by atoms with E-state index < -0.39 is 17.9 Å². The van der Waals surface area contributed by atoms with E-state index in [4.69, 9.17) is 10.00 Å². The van der Waals surface area contributed by atoms with Crippen molar-refractivity contribution >= 4 is 29.3 Å². The van der Waals surface area contributed by atoms with Crippen LogP contribution in [0.25, 0.3) is 6.08 Å². The van der Waals surface area contributed by atoms with Crippen molar-refractivity contribution in [2.75, 3.05) is 10.6 Å². The number of nitrogens with zero attached hydrogens (tertiary/aromatic N) is 1. The Balaban J connectivity index is 1.87. The number of ether oxygens (including phenoxy) is 1. The monoisotopic (exact) mass is 439 g/mol. The van der Waals surface area contributed by atoms with Crippen molar-refractivity contribution in [3.8, 4) is 11.8 Å². The Morgan fingerprint density at radius 3 is 1.70 bits per heavy atom. The zero-order valence-corrected chi connectivity index (χ0v) is 18.8. The molecule has 0 aliphatic rings. The van der Waals surface area contributed by atoms with E-state index in [9.17, 15) is 9.59 Å². The van der Waals surface area contributed by atoms with E-state index in [-0.39, 0.29) is 5.57 Å². The first kappa shape index (κ1) is 23.3. The zero-order valence-electron chi connectivity index (χ0n) is 18.8. The maximum atomic E-state index is 13.0. The number of anilines is 2. The van der Waals surface area contributed by atoms with Crippen LogP contribution < -0.4 is 15.4 Å². The maximum Gasteiger partial charge on any atom is 0.261 e. The normalized spacial score (nSPS) is 11.0. The summed E-state index contributed by atoms with van der Waals surface area (Å²) < 4.78 is 5.46. The summed E-state index contributed by atoms with van der Waals surface area (Å²) in [5.74, 6) is -0.528. The molecular weight excluding hydrogens is 414 g/mol. The van der Waals surface area contributed by atoms with Gasteiger partial charge in [0, 0.05) is 11.4 Å². The van der Waals surface area contributed by atoms with E-state index in [1.165, 1.54) is 6.08 Å². The molecule has 3 aromatic rings. The molecule has 3 rings (SSSR count). The molecule has 0 radical (unpaired) electrons. The minimum absolute atomic E-state index is 0.0461. The van der Waals surface area contributed by atoms with Gasteiger partial charge in [0.05, 0.1) is 0 Å². The van der Waals surface area contributed by atoms with Crippen LogP contribution in [0.2, 0.25) is 0 Å². The molecule has 0 aromatic heterocycles. The summed E-state index contributed by atoms with van der Waals surface area (Å²) in [5.41, 5.74) is 3.90. The van der Waals surface area contributed by atoms with Crippen LogP contribution >= 0.6 is 0 Å². The molecule has 166 valence electrons.